The molecule has 0 saturated carbocycles. The first kappa shape index (κ1) is 15.3. The summed E-state index contributed by atoms with van der Waals surface area (Å²) >= 11 is 0. The normalized spacial score (nSPS) is 11.6. The molecule has 0 bridgehead atoms. The van der Waals surface area contributed by atoms with Gasteiger partial charge in [-0.25, -0.2) is 0 Å². The Morgan fingerprint density at radius 2 is 1.40 bits per heavy atom. The molecule has 0 aliphatic heterocycles. The van der Waals surface area contributed by atoms with Crippen LogP contribution < -0.4 is 0 Å². The third-order valence-electron chi connectivity index (χ3n) is 2.69. The van der Waals surface area contributed by atoms with Crippen LogP contribution in [-0.2, 0) is 0 Å². The smallest absolute Gasteiger partial charge is 0.0484 e. The van der Waals surface area contributed by atoms with Gasteiger partial charge in [0.1, 0.15) is 0 Å². The van der Waals surface area contributed by atoms with E-state index < -0.39 is 0 Å². The minimum absolute atomic E-state index is 0.0565. The van der Waals surface area contributed by atoms with Crippen LogP contribution in [0.3, 0.4) is 0 Å². The lowest BCUT2D eigenvalue weighted by Crippen LogP contribution is -2.16. The minimum atomic E-state index is 0.0565. The van der Waals surface area contributed by atoms with Gasteiger partial charge in [-0.05, 0) is 31.3 Å². The third kappa shape index (κ3) is 8.19. The second-order valence-electron chi connectivity index (χ2n) is 4.24. The van der Waals surface area contributed by atoms with Crippen molar-refractivity contribution in [1.29, 1.82) is 0 Å². The van der Waals surface area contributed by atoms with Gasteiger partial charge >= 0.3 is 0 Å². The number of aliphatic hydroxyl groups excluding tert-OH is 2. The Kier molecular flexibility index (Phi) is 11.1. The van der Waals surface area contributed by atoms with E-state index in [4.69, 9.17) is 10.2 Å². The number of rotatable bonds is 10. The topological polar surface area (TPSA) is 40.5 Å². The summed E-state index contributed by atoms with van der Waals surface area (Å²) in [6, 6.07) is 0. The fraction of sp³-hybridized carbons (Fsp3) is 1.00. The quantitative estimate of drug-likeness (QED) is 0.570. The van der Waals surface area contributed by atoms with E-state index in [9.17, 15) is 0 Å². The summed E-state index contributed by atoms with van der Waals surface area (Å²) in [5.74, 6) is 0.129. The highest BCUT2D eigenvalue weighted by molar-refractivity contribution is 7.57. The Labute approximate surface area is 95.8 Å². The first-order chi connectivity index (χ1) is 7.28. The molecule has 0 aromatic rings. The zero-order valence-electron chi connectivity index (χ0n) is 10.3. The van der Waals surface area contributed by atoms with Crippen LogP contribution in [0.4, 0.5) is 0 Å². The van der Waals surface area contributed by atoms with Gasteiger partial charge in [-0.1, -0.05) is 26.7 Å². The molecule has 0 fully saturated rings. The molecule has 0 atom stereocenters. The summed E-state index contributed by atoms with van der Waals surface area (Å²) in [5.41, 5.74) is 0. The second kappa shape index (κ2) is 10.9. The van der Waals surface area contributed by atoms with Crippen molar-refractivity contribution in [2.24, 2.45) is 5.92 Å². The predicted molar refractivity (Wildman–Crippen MR) is 69.0 cm³/mol. The molecule has 0 rings (SSSR count). The van der Waals surface area contributed by atoms with Crippen molar-refractivity contribution < 1.29 is 10.2 Å². The molecule has 0 spiro atoms. The molecule has 15 heavy (non-hydrogen) atoms. The lowest BCUT2D eigenvalue weighted by Gasteiger charge is -2.21. The standard InChI is InChI=1S/C12H27O2P/c1-3-5-7-15(8-6-4-2)11-12(9-13)10-14/h12-14H,3-11H2,1-2H3. The SMILES string of the molecule is CCCCP(CCCC)CC(CO)CO. The highest BCUT2D eigenvalue weighted by Gasteiger charge is 2.13. The summed E-state index contributed by atoms with van der Waals surface area (Å²) in [6.45, 7) is 4.74. The molecular formula is C12H27O2P. The average molecular weight is 234 g/mol. The Hall–Kier alpha value is 0.350. The van der Waals surface area contributed by atoms with E-state index in [1.807, 2.05) is 0 Å². The lowest BCUT2D eigenvalue weighted by molar-refractivity contribution is 0.164. The van der Waals surface area contributed by atoms with Gasteiger partial charge < -0.3 is 10.2 Å². The van der Waals surface area contributed by atoms with Gasteiger partial charge in [0, 0.05) is 19.1 Å². The van der Waals surface area contributed by atoms with Crippen molar-refractivity contribution in [2.75, 3.05) is 31.7 Å². The minimum Gasteiger partial charge on any atom is -0.396 e. The van der Waals surface area contributed by atoms with Gasteiger partial charge in [0.2, 0.25) is 0 Å². The number of aliphatic hydroxyl groups is 2. The molecule has 2 nitrogen and oxygen atoms in total. The highest BCUT2D eigenvalue weighted by atomic mass is 31.1. The van der Waals surface area contributed by atoms with Crippen LogP contribution in [0, 0.1) is 5.92 Å². The molecule has 0 amide bonds. The van der Waals surface area contributed by atoms with Crippen LogP contribution in [0.15, 0.2) is 0 Å². The number of hydrogen-bond acceptors (Lipinski definition) is 2. The Balaban J connectivity index is 3.86. The van der Waals surface area contributed by atoms with Gasteiger partial charge in [-0.15, -0.1) is 7.92 Å². The number of hydrogen-bond donors (Lipinski definition) is 2. The molecular weight excluding hydrogens is 207 g/mol. The Bertz CT molecular complexity index is 119. The van der Waals surface area contributed by atoms with Crippen molar-refractivity contribution in [3.05, 3.63) is 0 Å². The van der Waals surface area contributed by atoms with Crippen LogP contribution in [0.1, 0.15) is 39.5 Å². The molecule has 0 aliphatic carbocycles. The van der Waals surface area contributed by atoms with Crippen molar-refractivity contribution in [2.45, 2.75) is 39.5 Å². The van der Waals surface area contributed by atoms with Gasteiger partial charge in [0.15, 0.2) is 0 Å². The first-order valence-electron chi connectivity index (χ1n) is 6.22. The molecule has 0 saturated heterocycles. The van der Waals surface area contributed by atoms with Crippen LogP contribution in [0.2, 0.25) is 0 Å². The lowest BCUT2D eigenvalue weighted by atomic mass is 10.2. The van der Waals surface area contributed by atoms with Crippen molar-refractivity contribution in [3.8, 4) is 0 Å². The maximum atomic E-state index is 9.08. The highest BCUT2D eigenvalue weighted by Crippen LogP contribution is 2.39. The van der Waals surface area contributed by atoms with Crippen LogP contribution in [0.5, 0.6) is 0 Å². The van der Waals surface area contributed by atoms with E-state index in [0.717, 1.165) is 6.16 Å². The fourth-order valence-corrected chi connectivity index (χ4v) is 4.67. The molecule has 0 heterocycles. The van der Waals surface area contributed by atoms with Crippen molar-refractivity contribution in [3.63, 3.8) is 0 Å². The van der Waals surface area contributed by atoms with E-state index >= 15 is 0 Å². The molecule has 0 aromatic carbocycles. The van der Waals surface area contributed by atoms with Crippen LogP contribution in [0.25, 0.3) is 0 Å². The monoisotopic (exact) mass is 234 g/mol. The molecule has 0 aromatic heterocycles. The zero-order valence-corrected chi connectivity index (χ0v) is 11.2. The van der Waals surface area contributed by atoms with E-state index in [-0.39, 0.29) is 27.1 Å². The second-order valence-corrected chi connectivity index (χ2v) is 6.84. The summed E-state index contributed by atoms with van der Waals surface area (Å²) in [5, 5.41) is 18.2. The van der Waals surface area contributed by atoms with E-state index in [1.165, 1.54) is 38.0 Å². The molecule has 92 valence electrons. The van der Waals surface area contributed by atoms with E-state index in [2.05, 4.69) is 13.8 Å². The zero-order chi connectivity index (χ0) is 11.5. The van der Waals surface area contributed by atoms with E-state index in [0.29, 0.717) is 0 Å². The third-order valence-corrected chi connectivity index (χ3v) is 5.62. The van der Waals surface area contributed by atoms with Crippen molar-refractivity contribution in [1.82, 2.24) is 0 Å². The van der Waals surface area contributed by atoms with Gasteiger partial charge in [-0.2, -0.15) is 0 Å². The van der Waals surface area contributed by atoms with Crippen molar-refractivity contribution >= 4 is 7.92 Å². The van der Waals surface area contributed by atoms with Crippen LogP contribution >= 0.6 is 7.92 Å². The first-order valence-corrected chi connectivity index (χ1v) is 8.12. The fourth-order valence-electron chi connectivity index (χ4n) is 1.60. The summed E-state index contributed by atoms with van der Waals surface area (Å²) in [6.07, 6.45) is 8.83. The molecule has 2 N–H and O–H groups in total. The molecule has 0 radical (unpaired) electrons. The summed E-state index contributed by atoms with van der Waals surface area (Å²) in [4.78, 5) is 0. The maximum Gasteiger partial charge on any atom is 0.0484 e. The maximum absolute atomic E-state index is 9.08. The molecule has 0 aliphatic rings. The Morgan fingerprint density at radius 1 is 0.933 bits per heavy atom. The Morgan fingerprint density at radius 3 is 1.73 bits per heavy atom. The van der Waals surface area contributed by atoms with Gasteiger partial charge in [-0.3, -0.25) is 0 Å². The summed E-state index contributed by atoms with van der Waals surface area (Å²) < 4.78 is 0. The average Bonchev–Trinajstić information content (AvgIpc) is 2.28. The summed E-state index contributed by atoms with van der Waals surface area (Å²) in [7, 11) is 0.0565. The van der Waals surface area contributed by atoms with E-state index in [1.54, 1.807) is 0 Å². The molecule has 3 heteroatoms. The number of unbranched alkanes of at least 4 members (excludes halogenated alkanes) is 2. The largest absolute Gasteiger partial charge is 0.396 e. The predicted octanol–water partition coefficient (Wildman–Crippen LogP) is 2.67. The van der Waals surface area contributed by atoms with Gasteiger partial charge in [0.05, 0.1) is 0 Å². The van der Waals surface area contributed by atoms with Gasteiger partial charge in [0.25, 0.3) is 0 Å². The molecule has 0 unspecified atom stereocenters. The van der Waals surface area contributed by atoms with Crippen LogP contribution in [-0.4, -0.2) is 41.9 Å².